The number of piperidine rings is 1. The topological polar surface area (TPSA) is 87.5 Å². The molecule has 1 fully saturated rings. The maximum absolute atomic E-state index is 13.4. The van der Waals surface area contributed by atoms with Crippen molar-refractivity contribution in [3.63, 3.8) is 0 Å². The predicted molar refractivity (Wildman–Crippen MR) is 128 cm³/mol. The maximum Gasteiger partial charge on any atom is 0.260 e. The van der Waals surface area contributed by atoms with Gasteiger partial charge in [0, 0.05) is 29.0 Å². The first-order valence-electron chi connectivity index (χ1n) is 11.4. The van der Waals surface area contributed by atoms with Gasteiger partial charge in [-0.2, -0.15) is 0 Å². The van der Waals surface area contributed by atoms with E-state index in [-0.39, 0.29) is 35.4 Å². The van der Waals surface area contributed by atoms with Gasteiger partial charge >= 0.3 is 0 Å². The Morgan fingerprint density at radius 3 is 2.56 bits per heavy atom. The first-order valence-corrected chi connectivity index (χ1v) is 12.3. The van der Waals surface area contributed by atoms with Crippen molar-refractivity contribution in [2.24, 2.45) is 0 Å². The van der Waals surface area contributed by atoms with Crippen LogP contribution in [0.3, 0.4) is 0 Å². The standard InChI is InChI=1S/C24H36N4O3S/c1-7-8-10-28(18-13-23(3,4)27-24(5,6)14-18)20(29)12-17-15-32-22(25-17)26-21(30)19-9-11-31-16(19)2/h9,11,15,18,27H,7-8,10,12-14H2,1-6H3,(H,25,26,30). The van der Waals surface area contributed by atoms with Crippen LogP contribution < -0.4 is 10.6 Å². The second-order valence-corrected chi connectivity index (χ2v) is 10.9. The molecule has 8 heteroatoms. The Bertz CT molecular complexity index is 931. The number of anilines is 1. The zero-order chi connectivity index (χ0) is 23.5. The highest BCUT2D eigenvalue weighted by Crippen LogP contribution is 2.32. The molecule has 0 atom stereocenters. The third kappa shape index (κ3) is 6.19. The Kier molecular flexibility index (Phi) is 7.45. The average molecular weight is 461 g/mol. The van der Waals surface area contributed by atoms with Gasteiger partial charge in [0.15, 0.2) is 5.13 Å². The van der Waals surface area contributed by atoms with Gasteiger partial charge in [-0.25, -0.2) is 4.98 Å². The van der Waals surface area contributed by atoms with E-state index in [0.29, 0.717) is 22.1 Å². The fraction of sp³-hybridized carbons (Fsp3) is 0.625. The van der Waals surface area contributed by atoms with Gasteiger partial charge in [-0.1, -0.05) is 13.3 Å². The summed E-state index contributed by atoms with van der Waals surface area (Å²) in [6, 6.07) is 1.83. The molecule has 2 amide bonds. The summed E-state index contributed by atoms with van der Waals surface area (Å²) in [7, 11) is 0. The molecule has 0 radical (unpaired) electrons. The summed E-state index contributed by atoms with van der Waals surface area (Å²) in [5.41, 5.74) is 1.12. The Morgan fingerprint density at radius 2 is 1.97 bits per heavy atom. The maximum atomic E-state index is 13.4. The summed E-state index contributed by atoms with van der Waals surface area (Å²) in [5.74, 6) is 0.409. The number of hydrogen-bond donors (Lipinski definition) is 2. The Labute approximate surface area is 195 Å². The van der Waals surface area contributed by atoms with Crippen molar-refractivity contribution in [2.45, 2.75) is 90.8 Å². The van der Waals surface area contributed by atoms with E-state index in [4.69, 9.17) is 4.42 Å². The molecule has 2 aromatic rings. The summed E-state index contributed by atoms with van der Waals surface area (Å²) < 4.78 is 5.19. The smallest absolute Gasteiger partial charge is 0.260 e. The van der Waals surface area contributed by atoms with Crippen molar-refractivity contribution >= 4 is 28.3 Å². The van der Waals surface area contributed by atoms with Crippen LogP contribution in [0.15, 0.2) is 22.1 Å². The highest BCUT2D eigenvalue weighted by molar-refractivity contribution is 7.14. The van der Waals surface area contributed by atoms with E-state index in [9.17, 15) is 9.59 Å². The van der Waals surface area contributed by atoms with E-state index in [1.165, 1.54) is 17.6 Å². The van der Waals surface area contributed by atoms with Gasteiger partial charge in [-0.3, -0.25) is 14.9 Å². The van der Waals surface area contributed by atoms with Crippen LogP contribution in [0, 0.1) is 6.92 Å². The first-order chi connectivity index (χ1) is 15.0. The van der Waals surface area contributed by atoms with Crippen LogP contribution in [0.4, 0.5) is 5.13 Å². The molecule has 0 bridgehead atoms. The van der Waals surface area contributed by atoms with Gasteiger partial charge in [0.05, 0.1) is 23.9 Å². The van der Waals surface area contributed by atoms with Crippen LogP contribution >= 0.6 is 11.3 Å². The van der Waals surface area contributed by atoms with Gasteiger partial charge in [0.2, 0.25) is 5.91 Å². The van der Waals surface area contributed by atoms with Gasteiger partial charge in [-0.15, -0.1) is 11.3 Å². The highest BCUT2D eigenvalue weighted by atomic mass is 32.1. The van der Waals surface area contributed by atoms with Crippen molar-refractivity contribution in [1.29, 1.82) is 0 Å². The molecule has 0 aromatic carbocycles. The van der Waals surface area contributed by atoms with E-state index >= 15 is 0 Å². The number of nitrogens with one attached hydrogen (secondary N) is 2. The molecule has 3 heterocycles. The summed E-state index contributed by atoms with van der Waals surface area (Å²) in [5, 5.41) is 8.85. The molecule has 1 aliphatic heterocycles. The van der Waals surface area contributed by atoms with Crippen molar-refractivity contribution in [1.82, 2.24) is 15.2 Å². The number of nitrogens with zero attached hydrogens (tertiary/aromatic N) is 2. The number of hydrogen-bond acceptors (Lipinski definition) is 6. The minimum Gasteiger partial charge on any atom is -0.469 e. The molecule has 176 valence electrons. The SMILES string of the molecule is CCCCN(C(=O)Cc1csc(NC(=O)c2ccoc2C)n1)C1CC(C)(C)NC(C)(C)C1. The normalized spacial score (nSPS) is 17.8. The predicted octanol–water partition coefficient (Wildman–Crippen LogP) is 4.78. The number of unbranched alkanes of at least 4 members (excludes halogenated alkanes) is 1. The molecule has 1 aliphatic rings. The lowest BCUT2D eigenvalue weighted by molar-refractivity contribution is -0.134. The minimum absolute atomic E-state index is 0.0273. The molecular formula is C24H36N4O3S. The number of thiazole rings is 1. The van der Waals surface area contributed by atoms with Gasteiger partial charge in [0.25, 0.3) is 5.91 Å². The average Bonchev–Trinajstić information content (AvgIpc) is 3.28. The Hall–Kier alpha value is -2.19. The number of amides is 2. The molecular weight excluding hydrogens is 424 g/mol. The molecule has 7 nitrogen and oxygen atoms in total. The van der Waals surface area contributed by atoms with Crippen LogP contribution in [0.5, 0.6) is 0 Å². The van der Waals surface area contributed by atoms with Crippen molar-refractivity contribution in [3.05, 3.63) is 34.7 Å². The number of furan rings is 1. The largest absolute Gasteiger partial charge is 0.469 e. The zero-order valence-electron chi connectivity index (χ0n) is 20.1. The molecule has 0 spiro atoms. The number of aryl methyl sites for hydroxylation is 1. The van der Waals surface area contributed by atoms with Crippen LogP contribution in [0.1, 0.15) is 82.1 Å². The lowest BCUT2D eigenvalue weighted by Gasteiger charge is -2.49. The molecule has 0 saturated carbocycles. The van der Waals surface area contributed by atoms with Crippen molar-refractivity contribution < 1.29 is 14.0 Å². The van der Waals surface area contributed by atoms with Crippen molar-refractivity contribution in [2.75, 3.05) is 11.9 Å². The van der Waals surface area contributed by atoms with Crippen LogP contribution in [-0.4, -0.2) is 45.4 Å². The van der Waals surface area contributed by atoms with E-state index in [1.54, 1.807) is 13.0 Å². The summed E-state index contributed by atoms with van der Waals surface area (Å²) >= 11 is 1.33. The van der Waals surface area contributed by atoms with Crippen molar-refractivity contribution in [3.8, 4) is 0 Å². The highest BCUT2D eigenvalue weighted by Gasteiger charge is 2.41. The minimum atomic E-state index is -0.257. The van der Waals surface area contributed by atoms with E-state index < -0.39 is 0 Å². The Morgan fingerprint density at radius 1 is 1.28 bits per heavy atom. The lowest BCUT2D eigenvalue weighted by atomic mass is 9.79. The number of carbonyl (C=O) groups is 2. The number of aromatic nitrogens is 1. The van der Waals surface area contributed by atoms with Crippen LogP contribution in [-0.2, 0) is 11.2 Å². The van der Waals surface area contributed by atoms with Crippen LogP contribution in [0.2, 0.25) is 0 Å². The quantitative estimate of drug-likeness (QED) is 0.592. The lowest BCUT2D eigenvalue weighted by Crippen LogP contribution is -2.63. The van der Waals surface area contributed by atoms with Gasteiger partial charge in [0.1, 0.15) is 5.76 Å². The molecule has 1 saturated heterocycles. The zero-order valence-corrected chi connectivity index (χ0v) is 20.9. The summed E-state index contributed by atoms with van der Waals surface area (Å²) in [6.45, 7) is 13.5. The van der Waals surface area contributed by atoms with Gasteiger partial charge < -0.3 is 14.6 Å². The molecule has 32 heavy (non-hydrogen) atoms. The second kappa shape index (κ2) is 9.75. The third-order valence-electron chi connectivity index (χ3n) is 5.89. The van der Waals surface area contributed by atoms with E-state index in [1.807, 2.05) is 5.38 Å². The molecule has 0 aliphatic carbocycles. The molecule has 3 rings (SSSR count). The monoisotopic (exact) mass is 460 g/mol. The number of rotatable bonds is 8. The van der Waals surface area contributed by atoms with Crippen LogP contribution in [0.25, 0.3) is 0 Å². The van der Waals surface area contributed by atoms with E-state index in [2.05, 4.69) is 55.1 Å². The molecule has 2 N–H and O–H groups in total. The fourth-order valence-corrected chi connectivity index (χ4v) is 5.52. The fourth-order valence-electron chi connectivity index (χ4n) is 4.82. The summed E-state index contributed by atoms with van der Waals surface area (Å²) in [4.78, 5) is 32.3. The summed E-state index contributed by atoms with van der Waals surface area (Å²) in [6.07, 6.45) is 5.61. The molecule has 0 unspecified atom stereocenters. The Balaban J connectivity index is 1.69. The van der Waals surface area contributed by atoms with Gasteiger partial charge in [-0.05, 0) is 59.9 Å². The third-order valence-corrected chi connectivity index (χ3v) is 6.70. The number of carbonyl (C=O) groups excluding carboxylic acids is 2. The van der Waals surface area contributed by atoms with E-state index in [0.717, 1.165) is 32.2 Å². The first kappa shape index (κ1) is 24.5. The molecule has 2 aromatic heterocycles. The second-order valence-electron chi connectivity index (χ2n) is 10.1.